The Morgan fingerprint density at radius 1 is 1.48 bits per heavy atom. The van der Waals surface area contributed by atoms with Gasteiger partial charge in [-0.1, -0.05) is 0 Å². The van der Waals surface area contributed by atoms with Crippen LogP contribution in [0.4, 0.5) is 5.82 Å². The molecule has 0 spiro atoms. The van der Waals surface area contributed by atoms with Crippen LogP contribution >= 0.6 is 0 Å². The van der Waals surface area contributed by atoms with Crippen LogP contribution in [0.3, 0.4) is 0 Å². The number of rotatable bonds is 2. The quantitative estimate of drug-likeness (QED) is 0.881. The van der Waals surface area contributed by atoms with Crippen molar-refractivity contribution in [2.75, 3.05) is 31.1 Å². The summed E-state index contributed by atoms with van der Waals surface area (Å²) in [6.07, 6.45) is 6.79. The van der Waals surface area contributed by atoms with E-state index in [2.05, 4.69) is 15.2 Å². The molecule has 0 aliphatic carbocycles. The zero-order valence-electron chi connectivity index (χ0n) is 12.1. The van der Waals surface area contributed by atoms with Gasteiger partial charge in [0.25, 0.3) is 0 Å². The van der Waals surface area contributed by atoms with Crippen molar-refractivity contribution in [2.24, 2.45) is 5.41 Å². The summed E-state index contributed by atoms with van der Waals surface area (Å²) < 4.78 is 5.48. The molecule has 2 aliphatic rings. The second-order valence-electron chi connectivity index (χ2n) is 6.31. The minimum absolute atomic E-state index is 0.0376. The number of aliphatic hydroxyl groups excluding tert-OH is 1. The lowest BCUT2D eigenvalue weighted by Gasteiger charge is -2.50. The number of piperidine rings is 2. The SMILES string of the molecule is OC[C@]12CCCN[C@@H]1CCN(c1nccc3occc13)C2. The minimum atomic E-state index is -0.0376. The first kappa shape index (κ1) is 13.1. The monoisotopic (exact) mass is 287 g/mol. The molecule has 0 aromatic carbocycles. The number of hydrogen-bond donors (Lipinski definition) is 2. The van der Waals surface area contributed by atoms with Gasteiger partial charge in [0.1, 0.15) is 11.4 Å². The highest BCUT2D eigenvalue weighted by atomic mass is 16.3. The molecular weight excluding hydrogens is 266 g/mol. The molecular formula is C16H21N3O2. The van der Waals surface area contributed by atoms with Crippen LogP contribution in [0.2, 0.25) is 0 Å². The van der Waals surface area contributed by atoms with Crippen molar-refractivity contribution >= 4 is 16.8 Å². The maximum Gasteiger partial charge on any atom is 0.139 e. The smallest absolute Gasteiger partial charge is 0.139 e. The van der Waals surface area contributed by atoms with Crippen LogP contribution < -0.4 is 10.2 Å². The summed E-state index contributed by atoms with van der Waals surface area (Å²) in [6.45, 7) is 3.14. The first-order valence-corrected chi connectivity index (χ1v) is 7.74. The van der Waals surface area contributed by atoms with Gasteiger partial charge in [-0.15, -0.1) is 0 Å². The molecule has 2 fully saturated rings. The van der Waals surface area contributed by atoms with Crippen LogP contribution in [-0.2, 0) is 0 Å². The second-order valence-corrected chi connectivity index (χ2v) is 6.31. The number of nitrogens with one attached hydrogen (secondary N) is 1. The Morgan fingerprint density at radius 3 is 3.33 bits per heavy atom. The van der Waals surface area contributed by atoms with E-state index in [1.807, 2.05) is 12.1 Å². The van der Waals surface area contributed by atoms with Crippen molar-refractivity contribution in [2.45, 2.75) is 25.3 Å². The predicted molar refractivity (Wildman–Crippen MR) is 81.4 cm³/mol. The number of nitrogens with zero attached hydrogens (tertiary/aromatic N) is 2. The first-order valence-electron chi connectivity index (χ1n) is 7.74. The van der Waals surface area contributed by atoms with Crippen LogP contribution in [0.5, 0.6) is 0 Å². The lowest BCUT2D eigenvalue weighted by Crippen LogP contribution is -2.61. The minimum Gasteiger partial charge on any atom is -0.464 e. The van der Waals surface area contributed by atoms with Gasteiger partial charge in [0, 0.05) is 30.7 Å². The van der Waals surface area contributed by atoms with Crippen molar-refractivity contribution in [3.63, 3.8) is 0 Å². The summed E-state index contributed by atoms with van der Waals surface area (Å²) in [5.74, 6) is 0.984. The molecule has 0 radical (unpaired) electrons. The standard InChI is InChI=1S/C16H21N3O2/c20-11-16-5-1-6-17-14(16)3-8-19(10-16)15-12-4-9-21-13(12)2-7-18-15/h2,4,7,9,14,17,20H,1,3,5-6,8,10-11H2/t14-,16-/m1/s1. The number of fused-ring (bicyclic) bond motifs is 2. The molecule has 2 atom stereocenters. The molecule has 112 valence electrons. The fourth-order valence-electron chi connectivity index (χ4n) is 4.00. The Hall–Kier alpha value is -1.59. The van der Waals surface area contributed by atoms with Gasteiger partial charge < -0.3 is 19.7 Å². The average Bonchev–Trinajstić information content (AvgIpc) is 3.02. The van der Waals surface area contributed by atoms with Crippen LogP contribution in [0.25, 0.3) is 11.0 Å². The molecule has 2 aromatic rings. The molecule has 0 unspecified atom stereocenters. The molecule has 5 heteroatoms. The van der Waals surface area contributed by atoms with Gasteiger partial charge in [-0.2, -0.15) is 0 Å². The topological polar surface area (TPSA) is 61.5 Å². The Bertz CT molecular complexity index is 641. The lowest BCUT2D eigenvalue weighted by molar-refractivity contribution is 0.0404. The third-order valence-corrected chi connectivity index (χ3v) is 5.15. The van der Waals surface area contributed by atoms with Crippen molar-refractivity contribution in [1.82, 2.24) is 10.3 Å². The number of hydrogen-bond acceptors (Lipinski definition) is 5. The molecule has 2 aromatic heterocycles. The molecule has 21 heavy (non-hydrogen) atoms. The maximum absolute atomic E-state index is 10.0. The zero-order chi connectivity index (χ0) is 14.3. The van der Waals surface area contributed by atoms with Crippen molar-refractivity contribution in [1.29, 1.82) is 0 Å². The highest BCUT2D eigenvalue weighted by Crippen LogP contribution is 2.39. The van der Waals surface area contributed by atoms with Gasteiger partial charge in [0.2, 0.25) is 0 Å². The Morgan fingerprint density at radius 2 is 2.43 bits per heavy atom. The summed E-state index contributed by atoms with van der Waals surface area (Å²) in [4.78, 5) is 6.89. The van der Waals surface area contributed by atoms with E-state index in [0.29, 0.717) is 6.04 Å². The molecule has 5 nitrogen and oxygen atoms in total. The van der Waals surface area contributed by atoms with Gasteiger partial charge in [0.15, 0.2) is 0 Å². The Kier molecular flexibility index (Phi) is 3.12. The summed E-state index contributed by atoms with van der Waals surface area (Å²) in [6, 6.07) is 4.31. The van der Waals surface area contributed by atoms with E-state index < -0.39 is 0 Å². The molecule has 2 saturated heterocycles. The van der Waals surface area contributed by atoms with E-state index in [1.165, 1.54) is 0 Å². The van der Waals surface area contributed by atoms with Gasteiger partial charge in [-0.05, 0) is 37.9 Å². The molecule has 2 aliphatic heterocycles. The predicted octanol–water partition coefficient (Wildman–Crippen LogP) is 1.77. The summed E-state index contributed by atoms with van der Waals surface area (Å²) in [5, 5.41) is 14.7. The molecule has 4 heterocycles. The number of pyridine rings is 1. The summed E-state index contributed by atoms with van der Waals surface area (Å²) >= 11 is 0. The number of aliphatic hydroxyl groups is 1. The molecule has 0 saturated carbocycles. The van der Waals surface area contributed by atoms with Crippen LogP contribution in [0, 0.1) is 5.41 Å². The van der Waals surface area contributed by atoms with Crippen molar-refractivity contribution in [3.8, 4) is 0 Å². The summed E-state index contributed by atoms with van der Waals surface area (Å²) in [5.41, 5.74) is 0.839. The fourth-order valence-corrected chi connectivity index (χ4v) is 4.00. The molecule has 0 bridgehead atoms. The van der Waals surface area contributed by atoms with Gasteiger partial charge in [-0.25, -0.2) is 4.98 Å². The number of anilines is 1. The third kappa shape index (κ3) is 2.03. The normalized spacial score (nSPS) is 29.6. The number of aromatic nitrogens is 1. The number of furan rings is 1. The van der Waals surface area contributed by atoms with Crippen molar-refractivity contribution in [3.05, 3.63) is 24.6 Å². The first-order chi connectivity index (χ1) is 10.3. The van der Waals surface area contributed by atoms with E-state index in [1.54, 1.807) is 12.5 Å². The zero-order valence-corrected chi connectivity index (χ0v) is 12.1. The Balaban J connectivity index is 1.69. The Labute approximate surface area is 124 Å². The molecule has 2 N–H and O–H groups in total. The molecule has 4 rings (SSSR count). The highest BCUT2D eigenvalue weighted by molar-refractivity contribution is 5.88. The van der Waals surface area contributed by atoms with Crippen LogP contribution in [0.15, 0.2) is 29.0 Å². The highest BCUT2D eigenvalue weighted by Gasteiger charge is 2.44. The second kappa shape index (κ2) is 5.00. The van der Waals surface area contributed by atoms with E-state index in [0.717, 1.165) is 55.7 Å². The molecule has 0 amide bonds. The van der Waals surface area contributed by atoms with Gasteiger partial charge >= 0.3 is 0 Å². The van der Waals surface area contributed by atoms with Crippen LogP contribution in [-0.4, -0.2) is 42.4 Å². The lowest BCUT2D eigenvalue weighted by atomic mass is 9.71. The van der Waals surface area contributed by atoms with Gasteiger partial charge in [0.05, 0.1) is 18.3 Å². The maximum atomic E-state index is 10.0. The van der Waals surface area contributed by atoms with E-state index in [4.69, 9.17) is 4.42 Å². The van der Waals surface area contributed by atoms with Crippen LogP contribution in [0.1, 0.15) is 19.3 Å². The van der Waals surface area contributed by atoms with Crippen molar-refractivity contribution < 1.29 is 9.52 Å². The third-order valence-electron chi connectivity index (χ3n) is 5.15. The van der Waals surface area contributed by atoms with E-state index in [-0.39, 0.29) is 12.0 Å². The van der Waals surface area contributed by atoms with E-state index >= 15 is 0 Å². The summed E-state index contributed by atoms with van der Waals surface area (Å²) in [7, 11) is 0. The largest absolute Gasteiger partial charge is 0.464 e. The fraction of sp³-hybridized carbons (Fsp3) is 0.562. The van der Waals surface area contributed by atoms with Gasteiger partial charge in [-0.3, -0.25) is 0 Å². The van der Waals surface area contributed by atoms with E-state index in [9.17, 15) is 5.11 Å². The average molecular weight is 287 g/mol.